The molecule has 0 bridgehead atoms. The molecule has 0 aliphatic heterocycles. The Morgan fingerprint density at radius 2 is 2.00 bits per heavy atom. The molecule has 0 fully saturated rings. The molecule has 0 saturated carbocycles. The van der Waals surface area contributed by atoms with Crippen molar-refractivity contribution in [2.45, 2.75) is 38.6 Å². The van der Waals surface area contributed by atoms with Gasteiger partial charge in [0.2, 0.25) is 5.91 Å². The lowest BCUT2D eigenvalue weighted by atomic mass is 10.1. The Labute approximate surface area is 83.1 Å². The lowest BCUT2D eigenvalue weighted by Crippen LogP contribution is -2.42. The van der Waals surface area contributed by atoms with Gasteiger partial charge in [-0.25, -0.2) is 4.79 Å². The van der Waals surface area contributed by atoms with E-state index in [1.165, 1.54) is 0 Å². The van der Waals surface area contributed by atoms with E-state index in [0.717, 1.165) is 19.3 Å². The molecule has 5 nitrogen and oxygen atoms in total. The molecule has 5 heteroatoms. The maximum absolute atomic E-state index is 10.7. The molecule has 0 aromatic rings. The lowest BCUT2D eigenvalue weighted by molar-refractivity contribution is -0.142. The minimum absolute atomic E-state index is 0.412. The van der Waals surface area contributed by atoms with Crippen LogP contribution in [0, 0.1) is 0 Å². The number of aliphatic hydroxyl groups is 1. The second-order valence-electron chi connectivity index (χ2n) is 3.11. The third-order valence-corrected chi connectivity index (χ3v) is 1.87. The molecule has 3 N–H and O–H groups in total. The van der Waals surface area contributed by atoms with Gasteiger partial charge in [-0.05, 0) is 6.42 Å². The highest BCUT2D eigenvalue weighted by Gasteiger charge is 2.18. The molecule has 0 rings (SSSR count). The van der Waals surface area contributed by atoms with Gasteiger partial charge < -0.3 is 15.5 Å². The van der Waals surface area contributed by atoms with Gasteiger partial charge in [-0.3, -0.25) is 4.79 Å². The van der Waals surface area contributed by atoms with E-state index in [1.54, 1.807) is 0 Å². The molecule has 0 saturated heterocycles. The zero-order valence-corrected chi connectivity index (χ0v) is 8.32. The van der Waals surface area contributed by atoms with Crippen LogP contribution in [0.25, 0.3) is 0 Å². The van der Waals surface area contributed by atoms with Crippen molar-refractivity contribution in [1.82, 2.24) is 5.32 Å². The average Bonchev–Trinajstić information content (AvgIpc) is 2.16. The summed E-state index contributed by atoms with van der Waals surface area (Å²) >= 11 is 0. The van der Waals surface area contributed by atoms with Gasteiger partial charge in [-0.15, -0.1) is 0 Å². The average molecular weight is 203 g/mol. The number of carboxylic acid groups (broad SMARTS) is 1. The standard InChI is InChI=1S/C9H17NO4/c1-2-3-4-5-7(9(13)14)10-8(12)6-11/h7,11H,2-6H2,1H3,(H,10,12)(H,13,14). The quantitative estimate of drug-likeness (QED) is 0.513. The van der Waals surface area contributed by atoms with Crippen LogP contribution in [0.3, 0.4) is 0 Å². The summed E-state index contributed by atoms with van der Waals surface area (Å²) in [6.45, 7) is 1.35. The first-order chi connectivity index (χ1) is 6.61. The second-order valence-corrected chi connectivity index (χ2v) is 3.11. The molecule has 0 radical (unpaired) electrons. The van der Waals surface area contributed by atoms with Crippen LogP contribution in [-0.2, 0) is 9.59 Å². The SMILES string of the molecule is CCCCCC(NC(=O)CO)C(=O)O. The maximum Gasteiger partial charge on any atom is 0.326 e. The van der Waals surface area contributed by atoms with Gasteiger partial charge >= 0.3 is 5.97 Å². The van der Waals surface area contributed by atoms with Gasteiger partial charge in [-0.1, -0.05) is 26.2 Å². The van der Waals surface area contributed by atoms with E-state index in [0.29, 0.717) is 6.42 Å². The molecule has 0 aliphatic carbocycles. The Morgan fingerprint density at radius 1 is 1.36 bits per heavy atom. The van der Waals surface area contributed by atoms with E-state index in [2.05, 4.69) is 5.32 Å². The number of unbranched alkanes of at least 4 members (excludes halogenated alkanes) is 2. The summed E-state index contributed by atoms with van der Waals surface area (Å²) in [4.78, 5) is 21.4. The van der Waals surface area contributed by atoms with Crippen LogP contribution >= 0.6 is 0 Å². The van der Waals surface area contributed by atoms with E-state index >= 15 is 0 Å². The van der Waals surface area contributed by atoms with E-state index in [9.17, 15) is 9.59 Å². The second kappa shape index (κ2) is 7.32. The van der Waals surface area contributed by atoms with Crippen molar-refractivity contribution in [3.63, 3.8) is 0 Å². The molecular weight excluding hydrogens is 186 g/mol. The van der Waals surface area contributed by atoms with Crippen molar-refractivity contribution >= 4 is 11.9 Å². The monoisotopic (exact) mass is 203 g/mol. The first-order valence-corrected chi connectivity index (χ1v) is 4.74. The van der Waals surface area contributed by atoms with Crippen molar-refractivity contribution in [2.24, 2.45) is 0 Å². The number of aliphatic carboxylic acids is 1. The summed E-state index contributed by atoms with van der Waals surface area (Å²) < 4.78 is 0. The molecular formula is C9H17NO4. The highest BCUT2D eigenvalue weighted by atomic mass is 16.4. The Kier molecular flexibility index (Phi) is 6.74. The van der Waals surface area contributed by atoms with E-state index in [1.807, 2.05) is 6.92 Å². The van der Waals surface area contributed by atoms with Gasteiger partial charge in [0.15, 0.2) is 0 Å². The summed E-state index contributed by atoms with van der Waals surface area (Å²) in [5.41, 5.74) is 0. The number of rotatable bonds is 7. The predicted molar refractivity (Wildman–Crippen MR) is 50.8 cm³/mol. The highest BCUT2D eigenvalue weighted by molar-refractivity contribution is 5.83. The third-order valence-electron chi connectivity index (χ3n) is 1.87. The maximum atomic E-state index is 10.7. The molecule has 1 atom stereocenters. The molecule has 14 heavy (non-hydrogen) atoms. The number of nitrogens with one attached hydrogen (secondary N) is 1. The van der Waals surface area contributed by atoms with Gasteiger partial charge in [0.25, 0.3) is 0 Å². The predicted octanol–water partition coefficient (Wildman–Crippen LogP) is 0.128. The zero-order valence-electron chi connectivity index (χ0n) is 8.32. The lowest BCUT2D eigenvalue weighted by Gasteiger charge is -2.12. The first-order valence-electron chi connectivity index (χ1n) is 4.74. The molecule has 0 aliphatic rings. The number of aliphatic hydroxyl groups excluding tert-OH is 1. The van der Waals surface area contributed by atoms with Gasteiger partial charge in [-0.2, -0.15) is 0 Å². The molecule has 0 spiro atoms. The zero-order chi connectivity index (χ0) is 11.0. The summed E-state index contributed by atoms with van der Waals surface area (Å²) in [6, 6.07) is -0.874. The number of hydrogen-bond acceptors (Lipinski definition) is 3. The van der Waals surface area contributed by atoms with Gasteiger partial charge in [0.05, 0.1) is 0 Å². The van der Waals surface area contributed by atoms with Crippen molar-refractivity contribution in [3.8, 4) is 0 Å². The molecule has 0 aromatic carbocycles. The summed E-state index contributed by atoms with van der Waals surface area (Å²) in [6.07, 6.45) is 3.12. The number of carbonyl (C=O) groups is 2. The van der Waals surface area contributed by atoms with Crippen LogP contribution in [-0.4, -0.2) is 34.7 Å². The highest BCUT2D eigenvalue weighted by Crippen LogP contribution is 2.03. The Bertz CT molecular complexity index is 193. The molecule has 82 valence electrons. The first kappa shape index (κ1) is 12.9. The minimum atomic E-state index is -1.05. The molecule has 1 amide bonds. The van der Waals surface area contributed by atoms with Crippen LogP contribution in [0.15, 0.2) is 0 Å². The molecule has 0 aromatic heterocycles. The Morgan fingerprint density at radius 3 is 2.43 bits per heavy atom. The van der Waals surface area contributed by atoms with Crippen LogP contribution in [0.2, 0.25) is 0 Å². The summed E-state index contributed by atoms with van der Waals surface area (Å²) in [5.74, 6) is -1.70. The Hall–Kier alpha value is -1.10. The van der Waals surface area contributed by atoms with Gasteiger partial charge in [0.1, 0.15) is 12.6 Å². The fraction of sp³-hybridized carbons (Fsp3) is 0.778. The number of amides is 1. The van der Waals surface area contributed by atoms with E-state index in [4.69, 9.17) is 10.2 Å². The molecule has 0 heterocycles. The fourth-order valence-electron chi connectivity index (χ4n) is 1.10. The number of hydrogen-bond donors (Lipinski definition) is 3. The van der Waals surface area contributed by atoms with Crippen molar-refractivity contribution in [2.75, 3.05) is 6.61 Å². The fourth-order valence-corrected chi connectivity index (χ4v) is 1.10. The van der Waals surface area contributed by atoms with Crippen molar-refractivity contribution in [1.29, 1.82) is 0 Å². The Balaban J connectivity index is 3.90. The van der Waals surface area contributed by atoms with Crippen LogP contribution in [0.5, 0.6) is 0 Å². The topological polar surface area (TPSA) is 86.6 Å². The van der Waals surface area contributed by atoms with Crippen molar-refractivity contribution in [3.05, 3.63) is 0 Å². The normalized spacial score (nSPS) is 12.1. The number of carboxylic acids is 1. The molecule has 1 unspecified atom stereocenters. The van der Waals surface area contributed by atoms with Crippen molar-refractivity contribution < 1.29 is 19.8 Å². The van der Waals surface area contributed by atoms with Gasteiger partial charge in [0, 0.05) is 0 Å². The number of carbonyl (C=O) groups excluding carboxylic acids is 1. The summed E-state index contributed by atoms with van der Waals surface area (Å²) in [5, 5.41) is 19.4. The van der Waals surface area contributed by atoms with E-state index < -0.39 is 24.5 Å². The third kappa shape index (κ3) is 5.53. The van der Waals surface area contributed by atoms with Crippen LogP contribution in [0.1, 0.15) is 32.6 Å². The summed E-state index contributed by atoms with van der Waals surface area (Å²) in [7, 11) is 0. The van der Waals surface area contributed by atoms with Crippen LogP contribution < -0.4 is 5.32 Å². The minimum Gasteiger partial charge on any atom is -0.480 e. The smallest absolute Gasteiger partial charge is 0.326 e. The largest absolute Gasteiger partial charge is 0.480 e. The van der Waals surface area contributed by atoms with E-state index in [-0.39, 0.29) is 0 Å². The van der Waals surface area contributed by atoms with Crippen LogP contribution in [0.4, 0.5) is 0 Å².